The van der Waals surface area contributed by atoms with E-state index in [0.29, 0.717) is 22.3 Å². The van der Waals surface area contributed by atoms with Crippen LogP contribution in [-0.2, 0) is 4.79 Å². The van der Waals surface area contributed by atoms with Crippen molar-refractivity contribution in [1.29, 1.82) is 0 Å². The lowest BCUT2D eigenvalue weighted by molar-refractivity contribution is -0.116. The van der Waals surface area contributed by atoms with E-state index >= 15 is 0 Å². The zero-order valence-electron chi connectivity index (χ0n) is 17.4. The number of ether oxygens (including phenoxy) is 2. The summed E-state index contributed by atoms with van der Waals surface area (Å²) in [5, 5.41) is 0.683. The number of rotatable bonds is 7. The fraction of sp³-hybridized carbons (Fsp3) is 0.0833. The molecule has 32 heavy (non-hydrogen) atoms. The van der Waals surface area contributed by atoms with Crippen LogP contribution < -0.4 is 20.3 Å². The normalized spacial score (nSPS) is 10.6. The molecule has 0 aliphatic heterocycles. The first-order valence-electron chi connectivity index (χ1n) is 9.71. The van der Waals surface area contributed by atoms with E-state index in [0.717, 1.165) is 15.6 Å². The predicted molar refractivity (Wildman–Crippen MR) is 127 cm³/mol. The number of carbonyl (C=O) groups is 2. The van der Waals surface area contributed by atoms with E-state index in [1.54, 1.807) is 31.5 Å². The van der Waals surface area contributed by atoms with Gasteiger partial charge in [-0.3, -0.25) is 20.4 Å². The summed E-state index contributed by atoms with van der Waals surface area (Å²) in [4.78, 5) is 29.0. The number of carbonyl (C=O) groups excluding carboxylic acids is 2. The molecular formula is C24H20BrN3O4. The monoisotopic (exact) mass is 493 g/mol. The summed E-state index contributed by atoms with van der Waals surface area (Å²) in [6, 6.07) is 18.4. The van der Waals surface area contributed by atoms with Crippen LogP contribution >= 0.6 is 15.9 Å². The summed E-state index contributed by atoms with van der Waals surface area (Å²) in [6.45, 7) is 0. The van der Waals surface area contributed by atoms with Crippen LogP contribution in [0.1, 0.15) is 10.4 Å². The van der Waals surface area contributed by atoms with Crippen molar-refractivity contribution < 1.29 is 19.1 Å². The minimum Gasteiger partial charge on any atom is -0.496 e. The molecule has 0 atom stereocenters. The van der Waals surface area contributed by atoms with Gasteiger partial charge in [0, 0.05) is 22.3 Å². The number of hydrazine groups is 1. The summed E-state index contributed by atoms with van der Waals surface area (Å²) >= 11 is 3.44. The quantitative estimate of drug-likeness (QED) is 0.192. The van der Waals surface area contributed by atoms with Crippen LogP contribution in [0.5, 0.6) is 11.5 Å². The third kappa shape index (κ3) is 4.04. The number of hydrogen-bond donors (Lipinski definition) is 3. The summed E-state index contributed by atoms with van der Waals surface area (Å²) in [6.07, 6.45) is 1.78. The maximum Gasteiger partial charge on any atom is 0.310 e. The van der Waals surface area contributed by atoms with Crippen LogP contribution in [0, 0.1) is 0 Å². The van der Waals surface area contributed by atoms with Crippen molar-refractivity contribution in [2.75, 3.05) is 19.6 Å². The first-order valence-corrected chi connectivity index (χ1v) is 10.5. The van der Waals surface area contributed by atoms with Gasteiger partial charge in [0.2, 0.25) is 0 Å². The zero-order chi connectivity index (χ0) is 22.7. The molecule has 1 heterocycles. The number of H-pyrrole nitrogens is 1. The Kier molecular flexibility index (Phi) is 6.13. The molecule has 162 valence electrons. The van der Waals surface area contributed by atoms with Gasteiger partial charge in [-0.1, -0.05) is 46.3 Å². The summed E-state index contributed by atoms with van der Waals surface area (Å²) < 4.78 is 12.0. The lowest BCUT2D eigenvalue weighted by Crippen LogP contribution is -2.35. The molecule has 0 saturated heterocycles. The molecule has 4 aromatic rings. The number of aromatic nitrogens is 1. The highest BCUT2D eigenvalue weighted by Gasteiger charge is 2.27. The van der Waals surface area contributed by atoms with E-state index in [4.69, 9.17) is 9.47 Å². The van der Waals surface area contributed by atoms with Crippen molar-refractivity contribution in [3.8, 4) is 22.6 Å². The van der Waals surface area contributed by atoms with Crippen LogP contribution in [0.2, 0.25) is 0 Å². The average molecular weight is 494 g/mol. The third-order valence-electron chi connectivity index (χ3n) is 5.01. The number of halogens is 1. The summed E-state index contributed by atoms with van der Waals surface area (Å²) in [5.41, 5.74) is 8.18. The molecule has 7 nitrogen and oxygen atoms in total. The van der Waals surface area contributed by atoms with Crippen molar-refractivity contribution in [3.05, 3.63) is 76.9 Å². The zero-order valence-corrected chi connectivity index (χ0v) is 18.9. The molecular weight excluding hydrogens is 474 g/mol. The van der Waals surface area contributed by atoms with E-state index in [2.05, 4.69) is 31.8 Å². The van der Waals surface area contributed by atoms with Crippen LogP contribution in [0.4, 0.5) is 5.69 Å². The maximum atomic E-state index is 13.2. The summed E-state index contributed by atoms with van der Waals surface area (Å²) in [5.74, 6) is -0.811. The van der Waals surface area contributed by atoms with E-state index in [1.165, 1.54) is 7.11 Å². The number of amides is 1. The molecule has 3 N–H and O–H groups in total. The molecule has 4 rings (SSSR count). The van der Waals surface area contributed by atoms with E-state index < -0.39 is 11.7 Å². The third-order valence-corrected chi connectivity index (χ3v) is 5.54. The Morgan fingerprint density at radius 2 is 1.62 bits per heavy atom. The predicted octanol–water partition coefficient (Wildman–Crippen LogP) is 4.94. The Morgan fingerprint density at radius 3 is 2.28 bits per heavy atom. The van der Waals surface area contributed by atoms with Gasteiger partial charge in [0.05, 0.1) is 36.4 Å². The number of hydrogen-bond acceptors (Lipinski definition) is 5. The number of aromatic amines is 1. The Morgan fingerprint density at radius 1 is 0.938 bits per heavy atom. The van der Waals surface area contributed by atoms with E-state index in [9.17, 15) is 9.59 Å². The number of para-hydroxylation sites is 1. The molecule has 0 aliphatic carbocycles. The van der Waals surface area contributed by atoms with Crippen molar-refractivity contribution in [2.45, 2.75) is 0 Å². The Labute approximate surface area is 192 Å². The van der Waals surface area contributed by atoms with Crippen LogP contribution in [0.25, 0.3) is 22.0 Å². The molecule has 0 aliphatic rings. The molecule has 1 amide bonds. The minimum atomic E-state index is -0.821. The number of fused-ring (bicyclic) bond motifs is 1. The summed E-state index contributed by atoms with van der Waals surface area (Å²) in [7, 11) is 2.99. The lowest BCUT2D eigenvalue weighted by atomic mass is 9.99. The SMILES string of the molecule is COc1cc(OC)c2c(-c3ccc(Br)cc3)c[nH]c2c1C(=O)C(=O)NNc1ccccc1. The van der Waals surface area contributed by atoms with Crippen molar-refractivity contribution in [1.82, 2.24) is 10.4 Å². The fourth-order valence-electron chi connectivity index (χ4n) is 3.49. The standard InChI is InChI=1S/C24H20BrN3O4/c1-31-18-12-19(32-2)21(23(29)24(30)28-27-16-6-4-3-5-7-16)22-20(18)17(13-26-22)14-8-10-15(25)11-9-14/h3-13,26-27H,1-2H3,(H,28,30). The van der Waals surface area contributed by atoms with Gasteiger partial charge in [-0.05, 0) is 29.8 Å². The Balaban J connectivity index is 1.77. The molecule has 0 radical (unpaired) electrons. The molecule has 0 saturated carbocycles. The number of methoxy groups -OCH3 is 2. The van der Waals surface area contributed by atoms with E-state index in [-0.39, 0.29) is 11.3 Å². The van der Waals surface area contributed by atoms with Crippen LogP contribution in [0.3, 0.4) is 0 Å². The number of benzene rings is 3. The van der Waals surface area contributed by atoms with Crippen LogP contribution in [0.15, 0.2) is 71.3 Å². The van der Waals surface area contributed by atoms with Gasteiger partial charge in [-0.15, -0.1) is 0 Å². The Bertz CT molecular complexity index is 1280. The van der Waals surface area contributed by atoms with Crippen molar-refractivity contribution in [2.24, 2.45) is 0 Å². The number of Topliss-reactive ketones (excluding diaryl/α,β-unsaturated/α-hetero) is 1. The number of nitrogens with one attached hydrogen (secondary N) is 3. The van der Waals surface area contributed by atoms with Gasteiger partial charge in [0.15, 0.2) is 0 Å². The van der Waals surface area contributed by atoms with Gasteiger partial charge < -0.3 is 14.5 Å². The molecule has 0 spiro atoms. The average Bonchev–Trinajstić information content (AvgIpc) is 3.27. The second-order valence-corrected chi connectivity index (χ2v) is 7.81. The molecule has 8 heteroatoms. The van der Waals surface area contributed by atoms with Gasteiger partial charge in [0.1, 0.15) is 11.5 Å². The Hall–Kier alpha value is -3.78. The van der Waals surface area contributed by atoms with Gasteiger partial charge in [-0.2, -0.15) is 0 Å². The lowest BCUT2D eigenvalue weighted by Gasteiger charge is -2.14. The highest BCUT2D eigenvalue weighted by molar-refractivity contribution is 9.10. The smallest absolute Gasteiger partial charge is 0.310 e. The van der Waals surface area contributed by atoms with Crippen LogP contribution in [-0.4, -0.2) is 30.9 Å². The second kappa shape index (κ2) is 9.15. The van der Waals surface area contributed by atoms with Gasteiger partial charge >= 0.3 is 5.91 Å². The molecule has 0 bridgehead atoms. The number of ketones is 1. The largest absolute Gasteiger partial charge is 0.496 e. The first kappa shape index (κ1) is 21.5. The molecule has 0 fully saturated rings. The first-order chi connectivity index (χ1) is 15.5. The van der Waals surface area contributed by atoms with E-state index in [1.807, 2.05) is 42.5 Å². The van der Waals surface area contributed by atoms with Crippen molar-refractivity contribution >= 4 is 44.2 Å². The molecule has 1 aromatic heterocycles. The maximum absolute atomic E-state index is 13.2. The van der Waals surface area contributed by atoms with Crippen molar-refractivity contribution in [3.63, 3.8) is 0 Å². The fourth-order valence-corrected chi connectivity index (χ4v) is 3.75. The topological polar surface area (TPSA) is 92.5 Å². The van der Waals surface area contributed by atoms with Gasteiger partial charge in [-0.25, -0.2) is 0 Å². The molecule has 3 aromatic carbocycles. The highest BCUT2D eigenvalue weighted by atomic mass is 79.9. The second-order valence-electron chi connectivity index (χ2n) is 6.89. The van der Waals surface area contributed by atoms with Gasteiger partial charge in [0.25, 0.3) is 5.78 Å². The minimum absolute atomic E-state index is 0.124. The number of anilines is 1. The highest BCUT2D eigenvalue weighted by Crippen LogP contribution is 2.41. The molecule has 0 unspecified atom stereocenters.